The van der Waals surface area contributed by atoms with E-state index in [0.717, 1.165) is 0 Å². The second kappa shape index (κ2) is 29.1. The quantitative estimate of drug-likeness (QED) is 0.292. The van der Waals surface area contributed by atoms with Gasteiger partial charge in [-0.2, -0.15) is 0 Å². The molecule has 0 spiro atoms. The van der Waals surface area contributed by atoms with Crippen molar-refractivity contribution in [1.29, 1.82) is 0 Å². The normalized spacial score (nSPS) is 4.50. The molecule has 0 aromatic carbocycles. The molecular formula is C3H9BF3N. The van der Waals surface area contributed by atoms with Crippen molar-refractivity contribution in [2.45, 2.75) is 0 Å². The Morgan fingerprint density at radius 3 is 0.750 bits per heavy atom. The first-order chi connectivity index (χ1) is 1.73. The first-order valence-electron chi connectivity index (χ1n) is 1.34. The second-order valence-corrected chi connectivity index (χ2v) is 1.34. The first-order valence-corrected chi connectivity index (χ1v) is 1.34. The number of halogens is 3. The van der Waals surface area contributed by atoms with Crippen molar-refractivity contribution in [2.75, 3.05) is 21.1 Å². The Bertz CT molecular complexity index is 19.2. The largest absolute Gasteiger partial charge is 3.00 e. The third-order valence-corrected chi connectivity index (χ3v) is 0. The summed E-state index contributed by atoms with van der Waals surface area (Å²) in [5, 5.41) is 0. The number of rotatable bonds is 0. The number of hydrogen-bond acceptors (Lipinski definition) is 1. The van der Waals surface area contributed by atoms with Crippen molar-refractivity contribution >= 4 is 8.41 Å². The maximum absolute atomic E-state index is 2.00. The fourth-order valence-corrected chi connectivity index (χ4v) is 0. The third kappa shape index (κ3) is 3940. The third-order valence-electron chi connectivity index (χ3n) is 0. The Morgan fingerprint density at radius 2 is 0.750 bits per heavy atom. The molecule has 0 rings (SSSR count). The Balaban J connectivity index is -0.00000000750. The molecule has 0 fully saturated rings. The molecule has 5 heteroatoms. The van der Waals surface area contributed by atoms with Gasteiger partial charge in [0.05, 0.1) is 0 Å². The molecule has 0 unspecified atom stereocenters. The molecule has 0 saturated carbocycles. The zero-order valence-electron chi connectivity index (χ0n) is 5.16. The van der Waals surface area contributed by atoms with Gasteiger partial charge in [-0.25, -0.2) is 0 Å². The molecule has 0 aliphatic carbocycles. The van der Waals surface area contributed by atoms with Crippen molar-refractivity contribution < 1.29 is 14.1 Å². The number of hydrogen-bond donors (Lipinski definition) is 0. The Morgan fingerprint density at radius 1 is 0.750 bits per heavy atom. The van der Waals surface area contributed by atoms with Crippen LogP contribution in [-0.2, 0) is 0 Å². The van der Waals surface area contributed by atoms with Crippen molar-refractivity contribution in [2.24, 2.45) is 0 Å². The first kappa shape index (κ1) is 45.8. The van der Waals surface area contributed by atoms with E-state index in [0.29, 0.717) is 0 Å². The summed E-state index contributed by atoms with van der Waals surface area (Å²) in [6.07, 6.45) is 0. The summed E-state index contributed by atoms with van der Waals surface area (Å²) in [5.74, 6) is 0. The van der Waals surface area contributed by atoms with Gasteiger partial charge in [0.1, 0.15) is 0 Å². The minimum atomic E-state index is 0. The molecule has 0 aromatic rings. The molecule has 0 saturated heterocycles. The van der Waals surface area contributed by atoms with Gasteiger partial charge in [0.2, 0.25) is 0 Å². The fraction of sp³-hybridized carbons (Fsp3) is 1.00. The molecule has 0 atom stereocenters. The van der Waals surface area contributed by atoms with Gasteiger partial charge in [-0.3, -0.25) is 0 Å². The van der Waals surface area contributed by atoms with Crippen LogP contribution in [0.3, 0.4) is 0 Å². The van der Waals surface area contributed by atoms with Gasteiger partial charge < -0.3 is 19.0 Å². The predicted molar refractivity (Wildman–Crippen MR) is 25.4 cm³/mol. The Labute approximate surface area is 49.7 Å². The van der Waals surface area contributed by atoms with E-state index in [-0.39, 0.29) is 22.5 Å². The second-order valence-electron chi connectivity index (χ2n) is 1.34. The molecule has 0 heterocycles. The van der Waals surface area contributed by atoms with Crippen LogP contribution < -0.4 is 14.1 Å². The van der Waals surface area contributed by atoms with Crippen molar-refractivity contribution in [1.82, 2.24) is 4.90 Å². The summed E-state index contributed by atoms with van der Waals surface area (Å²) in [5.41, 5.74) is 0. The van der Waals surface area contributed by atoms with E-state index >= 15 is 0 Å². The van der Waals surface area contributed by atoms with E-state index in [1.807, 2.05) is 26.0 Å². The van der Waals surface area contributed by atoms with Gasteiger partial charge in [-0.15, -0.1) is 0 Å². The average Bonchev–Trinajstić information content (AvgIpc) is 0.811. The Kier molecular flexibility index (Phi) is 167. The van der Waals surface area contributed by atoms with Gasteiger partial charge in [-0.05, 0) is 21.1 Å². The summed E-state index contributed by atoms with van der Waals surface area (Å²) in [6.45, 7) is 0. The molecule has 0 aromatic heterocycles. The minimum Gasteiger partial charge on any atom is -1.00 e. The van der Waals surface area contributed by atoms with Gasteiger partial charge >= 0.3 is 8.41 Å². The zero-order valence-corrected chi connectivity index (χ0v) is 5.16. The van der Waals surface area contributed by atoms with Crippen LogP contribution in [0.25, 0.3) is 0 Å². The summed E-state index contributed by atoms with van der Waals surface area (Å²) >= 11 is 0. The minimum absolute atomic E-state index is 0. The van der Waals surface area contributed by atoms with Gasteiger partial charge in [0.25, 0.3) is 0 Å². The SMILES string of the molecule is CN(C)C.[B+3].[F-].[F-].[F-]. The molecular weight excluding hydrogens is 118 g/mol. The topological polar surface area (TPSA) is 3.24 Å². The summed E-state index contributed by atoms with van der Waals surface area (Å²) < 4.78 is 0. The van der Waals surface area contributed by atoms with Crippen LogP contribution in [0.2, 0.25) is 0 Å². The smallest absolute Gasteiger partial charge is 1.00 e. The van der Waals surface area contributed by atoms with Crippen molar-refractivity contribution in [3.05, 3.63) is 0 Å². The molecule has 0 bridgehead atoms. The molecule has 0 aliphatic heterocycles. The summed E-state index contributed by atoms with van der Waals surface area (Å²) in [6, 6.07) is 0. The molecule has 0 amide bonds. The molecule has 50 valence electrons. The van der Waals surface area contributed by atoms with E-state index in [1.165, 1.54) is 0 Å². The van der Waals surface area contributed by atoms with Gasteiger partial charge in [0.15, 0.2) is 0 Å². The Hall–Kier alpha value is -0.185. The van der Waals surface area contributed by atoms with E-state index in [4.69, 9.17) is 0 Å². The standard InChI is InChI=1S/C3H9N.B.3FH/c1-4(2)3;;;;/h1-3H3;;3*1H/q;+3;;;/p-3. The van der Waals surface area contributed by atoms with Crippen LogP contribution in [0, 0.1) is 0 Å². The monoisotopic (exact) mass is 127 g/mol. The van der Waals surface area contributed by atoms with Crippen LogP contribution in [0.5, 0.6) is 0 Å². The molecule has 0 N–H and O–H groups in total. The van der Waals surface area contributed by atoms with Crippen LogP contribution >= 0.6 is 0 Å². The summed E-state index contributed by atoms with van der Waals surface area (Å²) in [7, 11) is 6.00. The molecule has 0 radical (unpaired) electrons. The van der Waals surface area contributed by atoms with Gasteiger partial charge in [-0.1, -0.05) is 0 Å². The fourth-order valence-electron chi connectivity index (χ4n) is 0. The van der Waals surface area contributed by atoms with E-state index in [1.54, 1.807) is 0 Å². The van der Waals surface area contributed by atoms with Crippen molar-refractivity contribution in [3.8, 4) is 0 Å². The van der Waals surface area contributed by atoms with Crippen LogP contribution in [0.15, 0.2) is 0 Å². The van der Waals surface area contributed by atoms with Crippen molar-refractivity contribution in [3.63, 3.8) is 0 Å². The maximum atomic E-state index is 2.00. The molecule has 1 nitrogen and oxygen atoms in total. The zero-order chi connectivity index (χ0) is 3.58. The van der Waals surface area contributed by atoms with Gasteiger partial charge in [0, 0.05) is 0 Å². The van der Waals surface area contributed by atoms with E-state index in [9.17, 15) is 0 Å². The summed E-state index contributed by atoms with van der Waals surface area (Å²) in [4.78, 5) is 2.00. The maximum Gasteiger partial charge on any atom is 3.00 e. The van der Waals surface area contributed by atoms with E-state index in [2.05, 4.69) is 0 Å². The van der Waals surface area contributed by atoms with Crippen LogP contribution in [0.1, 0.15) is 0 Å². The van der Waals surface area contributed by atoms with Crippen LogP contribution in [0.4, 0.5) is 0 Å². The van der Waals surface area contributed by atoms with E-state index < -0.39 is 0 Å². The molecule has 8 heavy (non-hydrogen) atoms. The number of nitrogens with zero attached hydrogens (tertiary/aromatic N) is 1. The molecule has 0 aliphatic rings. The predicted octanol–water partition coefficient (Wildman–Crippen LogP) is -9.19. The average molecular weight is 127 g/mol. The van der Waals surface area contributed by atoms with Crippen LogP contribution in [-0.4, -0.2) is 34.5 Å².